The minimum absolute atomic E-state index is 0.143. The Morgan fingerprint density at radius 2 is 1.91 bits per heavy atom. The van der Waals surface area contributed by atoms with E-state index in [-0.39, 0.29) is 23.3 Å². The van der Waals surface area contributed by atoms with Gasteiger partial charge in [0.2, 0.25) is 5.91 Å². The van der Waals surface area contributed by atoms with E-state index in [0.717, 1.165) is 5.75 Å². The van der Waals surface area contributed by atoms with Crippen LogP contribution in [0.3, 0.4) is 0 Å². The Labute approximate surface area is 139 Å². The number of thiocarbonyl (C=S) groups is 1. The molecule has 0 aliphatic rings. The average molecular weight is 332 g/mol. The maximum absolute atomic E-state index is 13.0. The van der Waals surface area contributed by atoms with Crippen molar-refractivity contribution in [2.45, 2.75) is 12.8 Å². The number of halogens is 1. The molecule has 0 aliphatic carbocycles. The first-order valence-electron chi connectivity index (χ1n) is 7.18. The first-order chi connectivity index (χ1) is 11.1. The molecule has 0 fully saturated rings. The predicted octanol–water partition coefficient (Wildman–Crippen LogP) is 3.50. The lowest BCUT2D eigenvalue weighted by Gasteiger charge is -2.10. The third-order valence-electron chi connectivity index (χ3n) is 2.90. The van der Waals surface area contributed by atoms with Gasteiger partial charge in [-0.15, -0.1) is 0 Å². The van der Waals surface area contributed by atoms with Gasteiger partial charge in [0, 0.05) is 12.1 Å². The lowest BCUT2D eigenvalue weighted by atomic mass is 10.3. The molecule has 2 aromatic rings. The van der Waals surface area contributed by atoms with Crippen LogP contribution < -0.4 is 15.4 Å². The van der Waals surface area contributed by atoms with Crippen molar-refractivity contribution in [3.05, 3.63) is 60.4 Å². The van der Waals surface area contributed by atoms with Gasteiger partial charge < -0.3 is 15.4 Å². The van der Waals surface area contributed by atoms with Crippen molar-refractivity contribution in [3.8, 4) is 5.75 Å². The zero-order chi connectivity index (χ0) is 16.5. The summed E-state index contributed by atoms with van der Waals surface area (Å²) in [6.45, 7) is 0.446. The largest absolute Gasteiger partial charge is 0.494 e. The van der Waals surface area contributed by atoms with E-state index in [2.05, 4.69) is 10.6 Å². The van der Waals surface area contributed by atoms with Crippen LogP contribution in [0.15, 0.2) is 54.6 Å². The Morgan fingerprint density at radius 1 is 1.13 bits per heavy atom. The second-order valence-electron chi connectivity index (χ2n) is 4.78. The summed E-state index contributed by atoms with van der Waals surface area (Å²) in [7, 11) is 0. The van der Waals surface area contributed by atoms with E-state index in [1.165, 1.54) is 12.1 Å². The van der Waals surface area contributed by atoms with Crippen LogP contribution in [-0.4, -0.2) is 17.6 Å². The summed E-state index contributed by atoms with van der Waals surface area (Å²) in [5.41, 5.74) is 0.489. The van der Waals surface area contributed by atoms with Gasteiger partial charge in [0.25, 0.3) is 0 Å². The van der Waals surface area contributed by atoms with Crippen molar-refractivity contribution in [3.63, 3.8) is 0 Å². The Bertz CT molecular complexity index is 665. The number of hydrogen-bond acceptors (Lipinski definition) is 3. The molecule has 0 saturated carbocycles. The number of hydrogen-bond donors (Lipinski definition) is 2. The van der Waals surface area contributed by atoms with E-state index in [9.17, 15) is 9.18 Å². The molecule has 2 rings (SSSR count). The molecule has 120 valence electrons. The van der Waals surface area contributed by atoms with Crippen LogP contribution >= 0.6 is 12.2 Å². The van der Waals surface area contributed by atoms with E-state index in [1.807, 2.05) is 30.3 Å². The summed E-state index contributed by atoms with van der Waals surface area (Å²) in [5.74, 6) is 0.189. The lowest BCUT2D eigenvalue weighted by molar-refractivity contribution is -0.119. The summed E-state index contributed by atoms with van der Waals surface area (Å²) < 4.78 is 18.5. The molecule has 0 aromatic heterocycles. The fourth-order valence-corrected chi connectivity index (χ4v) is 2.09. The minimum Gasteiger partial charge on any atom is -0.494 e. The van der Waals surface area contributed by atoms with Crippen LogP contribution in [0.2, 0.25) is 0 Å². The number of amides is 1. The maximum Gasteiger partial charge on any atom is 0.226 e. The van der Waals surface area contributed by atoms with Crippen molar-refractivity contribution in [2.24, 2.45) is 0 Å². The highest BCUT2D eigenvalue weighted by Crippen LogP contribution is 2.10. The third-order valence-corrected chi connectivity index (χ3v) is 3.10. The minimum atomic E-state index is -0.373. The maximum atomic E-state index is 13.0. The molecule has 0 radical (unpaired) electrons. The topological polar surface area (TPSA) is 50.4 Å². The second kappa shape index (κ2) is 8.85. The Hall–Kier alpha value is -2.47. The van der Waals surface area contributed by atoms with E-state index in [0.29, 0.717) is 18.7 Å². The monoisotopic (exact) mass is 332 g/mol. The van der Waals surface area contributed by atoms with E-state index >= 15 is 0 Å². The predicted molar refractivity (Wildman–Crippen MR) is 91.9 cm³/mol. The number of ether oxygens (including phenoxy) is 1. The van der Waals surface area contributed by atoms with Gasteiger partial charge >= 0.3 is 0 Å². The number of benzene rings is 2. The molecule has 1 amide bonds. The van der Waals surface area contributed by atoms with Gasteiger partial charge in [0.15, 0.2) is 5.11 Å². The molecule has 0 saturated heterocycles. The standard InChI is InChI=1S/C17H17FN2O2S/c18-13-6-4-7-14(12-13)19-17(23)20-16(21)10-5-11-22-15-8-2-1-3-9-15/h1-4,6-9,12H,5,10-11H2,(H2,19,20,21,23). The van der Waals surface area contributed by atoms with Gasteiger partial charge in [0.1, 0.15) is 11.6 Å². The number of anilines is 1. The van der Waals surface area contributed by atoms with Crippen LogP contribution in [0.5, 0.6) is 5.75 Å². The smallest absolute Gasteiger partial charge is 0.226 e. The van der Waals surface area contributed by atoms with Crippen molar-refractivity contribution in [1.82, 2.24) is 5.32 Å². The van der Waals surface area contributed by atoms with Crippen molar-refractivity contribution in [1.29, 1.82) is 0 Å². The Morgan fingerprint density at radius 3 is 2.65 bits per heavy atom. The van der Waals surface area contributed by atoms with Crippen LogP contribution in [0.25, 0.3) is 0 Å². The van der Waals surface area contributed by atoms with Crippen LogP contribution in [0, 0.1) is 5.82 Å². The van der Waals surface area contributed by atoms with Crippen molar-refractivity contribution in [2.75, 3.05) is 11.9 Å². The molecule has 6 heteroatoms. The van der Waals surface area contributed by atoms with Gasteiger partial charge in [-0.1, -0.05) is 24.3 Å². The summed E-state index contributed by atoms with van der Waals surface area (Å²) in [4.78, 5) is 11.8. The Balaban J connectivity index is 1.65. The third kappa shape index (κ3) is 6.44. The number of carbonyl (C=O) groups is 1. The number of carbonyl (C=O) groups excluding carboxylic acids is 1. The number of nitrogens with one attached hydrogen (secondary N) is 2. The molecule has 0 heterocycles. The fraction of sp³-hybridized carbons (Fsp3) is 0.176. The SMILES string of the molecule is O=C(CCCOc1ccccc1)NC(=S)Nc1cccc(F)c1. The summed E-state index contributed by atoms with van der Waals surface area (Å²) in [5, 5.41) is 5.45. The summed E-state index contributed by atoms with van der Waals surface area (Å²) >= 11 is 5.01. The number of rotatable bonds is 6. The molecular weight excluding hydrogens is 315 g/mol. The fourth-order valence-electron chi connectivity index (χ4n) is 1.86. The van der Waals surface area contributed by atoms with E-state index in [4.69, 9.17) is 17.0 Å². The molecule has 0 spiro atoms. The zero-order valence-electron chi connectivity index (χ0n) is 12.4. The molecule has 2 N–H and O–H groups in total. The first kappa shape index (κ1) is 16.9. The molecule has 0 aliphatic heterocycles. The molecule has 2 aromatic carbocycles. The molecule has 0 bridgehead atoms. The van der Waals surface area contributed by atoms with Crippen LogP contribution in [0.1, 0.15) is 12.8 Å². The molecule has 0 atom stereocenters. The second-order valence-corrected chi connectivity index (χ2v) is 5.19. The molecule has 23 heavy (non-hydrogen) atoms. The average Bonchev–Trinajstić information content (AvgIpc) is 2.52. The number of para-hydroxylation sites is 1. The lowest BCUT2D eigenvalue weighted by Crippen LogP contribution is -2.34. The Kier molecular flexibility index (Phi) is 6.50. The van der Waals surface area contributed by atoms with Crippen LogP contribution in [-0.2, 0) is 4.79 Å². The molecule has 4 nitrogen and oxygen atoms in total. The highest BCUT2D eigenvalue weighted by Gasteiger charge is 2.05. The van der Waals surface area contributed by atoms with E-state index < -0.39 is 0 Å². The van der Waals surface area contributed by atoms with Gasteiger partial charge in [-0.25, -0.2) is 4.39 Å². The molecule has 0 unspecified atom stereocenters. The summed E-state index contributed by atoms with van der Waals surface area (Å²) in [6.07, 6.45) is 0.862. The van der Waals surface area contributed by atoms with Gasteiger partial charge in [-0.05, 0) is 49.0 Å². The van der Waals surface area contributed by atoms with Crippen molar-refractivity contribution < 1.29 is 13.9 Å². The van der Waals surface area contributed by atoms with Gasteiger partial charge in [0.05, 0.1) is 6.61 Å². The normalized spacial score (nSPS) is 9.96. The van der Waals surface area contributed by atoms with Crippen LogP contribution in [0.4, 0.5) is 10.1 Å². The van der Waals surface area contributed by atoms with Crippen molar-refractivity contribution >= 4 is 28.9 Å². The first-order valence-corrected chi connectivity index (χ1v) is 7.58. The van der Waals surface area contributed by atoms with E-state index in [1.54, 1.807) is 12.1 Å². The quantitative estimate of drug-likeness (QED) is 0.628. The highest BCUT2D eigenvalue weighted by molar-refractivity contribution is 7.80. The van der Waals surface area contributed by atoms with Gasteiger partial charge in [-0.3, -0.25) is 4.79 Å². The summed E-state index contributed by atoms with van der Waals surface area (Å²) in [6, 6.07) is 15.3. The molecular formula is C17H17FN2O2S. The highest BCUT2D eigenvalue weighted by atomic mass is 32.1. The zero-order valence-corrected chi connectivity index (χ0v) is 13.2. The van der Waals surface area contributed by atoms with Gasteiger partial charge in [-0.2, -0.15) is 0 Å².